The van der Waals surface area contributed by atoms with Crippen molar-refractivity contribution in [3.63, 3.8) is 0 Å². The van der Waals surface area contributed by atoms with E-state index in [1.807, 2.05) is 11.3 Å². The predicted molar refractivity (Wildman–Crippen MR) is 89.5 cm³/mol. The van der Waals surface area contributed by atoms with Crippen LogP contribution in [0.3, 0.4) is 0 Å². The average molecular weight is 302 g/mol. The van der Waals surface area contributed by atoms with Crippen LogP contribution < -0.4 is 0 Å². The Kier molecular flexibility index (Phi) is 3.30. The van der Waals surface area contributed by atoms with E-state index in [0.717, 1.165) is 10.3 Å². The Morgan fingerprint density at radius 3 is 2.60 bits per heavy atom. The van der Waals surface area contributed by atoms with Gasteiger partial charge < -0.3 is 9.55 Å². The van der Waals surface area contributed by atoms with Crippen molar-refractivity contribution in [1.29, 1.82) is 0 Å². The molecule has 0 aliphatic carbocycles. The van der Waals surface area contributed by atoms with E-state index in [2.05, 4.69) is 61.5 Å². The summed E-state index contributed by atoms with van der Waals surface area (Å²) in [5.41, 5.74) is 4.91. The van der Waals surface area contributed by atoms with Crippen LogP contribution in [0.4, 0.5) is 0 Å². The van der Waals surface area contributed by atoms with E-state index in [9.17, 15) is 0 Å². The lowest BCUT2D eigenvalue weighted by molar-refractivity contribution is 0.648. The van der Waals surface area contributed by atoms with Gasteiger partial charge in [0.1, 0.15) is 0 Å². The molecule has 3 aromatic rings. The van der Waals surface area contributed by atoms with Crippen LogP contribution in [0, 0.1) is 25.5 Å². The van der Waals surface area contributed by atoms with Gasteiger partial charge in [-0.25, -0.2) is 0 Å². The van der Waals surface area contributed by atoms with Crippen LogP contribution in [-0.4, -0.2) is 9.55 Å². The zero-order valence-electron chi connectivity index (χ0n) is 12.2. The van der Waals surface area contributed by atoms with Crippen LogP contribution in [0.2, 0.25) is 0 Å². The second-order valence-electron chi connectivity index (χ2n) is 5.37. The number of H-pyrrole nitrogens is 1. The lowest BCUT2D eigenvalue weighted by Crippen LogP contribution is -2.06. The largest absolute Gasteiger partial charge is 0.331 e. The van der Waals surface area contributed by atoms with Crippen molar-refractivity contribution in [1.82, 2.24) is 9.55 Å². The Labute approximate surface area is 128 Å². The zero-order chi connectivity index (χ0) is 14.4. The van der Waals surface area contributed by atoms with Gasteiger partial charge in [-0.2, -0.15) is 0 Å². The van der Waals surface area contributed by atoms with Gasteiger partial charge in [0.25, 0.3) is 0 Å². The topological polar surface area (TPSA) is 20.7 Å². The number of benzene rings is 1. The highest BCUT2D eigenvalue weighted by Crippen LogP contribution is 2.31. The van der Waals surface area contributed by atoms with Gasteiger partial charge in [-0.3, -0.25) is 0 Å². The Hall–Kier alpha value is -1.39. The van der Waals surface area contributed by atoms with Gasteiger partial charge in [0.15, 0.2) is 4.77 Å². The summed E-state index contributed by atoms with van der Waals surface area (Å²) in [6, 6.07) is 8.98. The molecule has 0 aliphatic heterocycles. The van der Waals surface area contributed by atoms with Crippen LogP contribution in [0.5, 0.6) is 0 Å². The number of imidazole rings is 1. The standard InChI is InChI=1S/C16H18N2S2/c1-9-5-6-15-14(7-9)17-16(19)18(15)11(3)13-8-10(2)20-12(13)4/h5-8,11H,1-4H3,(H,17,19). The molecular formula is C16H18N2S2. The number of hydrogen-bond acceptors (Lipinski definition) is 2. The minimum atomic E-state index is 0.254. The number of fused-ring (bicyclic) bond motifs is 1. The first kappa shape index (κ1) is 13.6. The zero-order valence-corrected chi connectivity index (χ0v) is 13.8. The molecule has 0 fully saturated rings. The highest BCUT2D eigenvalue weighted by atomic mass is 32.1. The summed E-state index contributed by atoms with van der Waals surface area (Å²) in [5, 5.41) is 0. The number of aromatic nitrogens is 2. The third-order valence-electron chi connectivity index (χ3n) is 3.79. The Balaban J connectivity index is 2.21. The second kappa shape index (κ2) is 4.86. The smallest absolute Gasteiger partial charge is 0.178 e. The van der Waals surface area contributed by atoms with Crippen molar-refractivity contribution in [3.8, 4) is 0 Å². The SMILES string of the molecule is Cc1ccc2c(c1)[nH]c(=S)n2C(C)c1cc(C)sc1C. The first-order valence-corrected chi connectivity index (χ1v) is 7.97. The highest BCUT2D eigenvalue weighted by molar-refractivity contribution is 7.71. The molecule has 0 radical (unpaired) electrons. The molecule has 1 unspecified atom stereocenters. The van der Waals surface area contributed by atoms with Crippen molar-refractivity contribution in [2.75, 3.05) is 0 Å². The van der Waals surface area contributed by atoms with E-state index in [0.29, 0.717) is 0 Å². The second-order valence-corrected chi connectivity index (χ2v) is 7.21. The van der Waals surface area contributed by atoms with Crippen molar-refractivity contribution < 1.29 is 0 Å². The average Bonchev–Trinajstić information content (AvgIpc) is 2.87. The summed E-state index contributed by atoms with van der Waals surface area (Å²) in [4.78, 5) is 6.05. The number of aromatic amines is 1. The first-order chi connectivity index (χ1) is 9.47. The number of thiophene rings is 1. The summed E-state index contributed by atoms with van der Waals surface area (Å²) >= 11 is 7.38. The highest BCUT2D eigenvalue weighted by Gasteiger charge is 2.16. The molecule has 0 amide bonds. The Morgan fingerprint density at radius 2 is 1.95 bits per heavy atom. The fourth-order valence-electron chi connectivity index (χ4n) is 2.83. The van der Waals surface area contributed by atoms with E-state index >= 15 is 0 Å². The minimum absolute atomic E-state index is 0.254. The number of nitrogens with zero attached hydrogens (tertiary/aromatic N) is 1. The monoisotopic (exact) mass is 302 g/mol. The van der Waals surface area contributed by atoms with Crippen LogP contribution >= 0.6 is 23.6 Å². The summed E-state index contributed by atoms with van der Waals surface area (Å²) in [5.74, 6) is 0. The van der Waals surface area contributed by atoms with Crippen molar-refractivity contribution in [2.45, 2.75) is 33.7 Å². The van der Waals surface area contributed by atoms with Gasteiger partial charge in [0.05, 0.1) is 17.1 Å². The third-order valence-corrected chi connectivity index (χ3v) is 5.07. The molecule has 2 heterocycles. The van der Waals surface area contributed by atoms with Gasteiger partial charge in [-0.15, -0.1) is 11.3 Å². The lowest BCUT2D eigenvalue weighted by atomic mass is 10.1. The molecule has 0 aliphatic rings. The molecule has 2 aromatic heterocycles. The van der Waals surface area contributed by atoms with E-state index in [1.165, 1.54) is 26.4 Å². The van der Waals surface area contributed by atoms with Crippen LogP contribution in [0.25, 0.3) is 11.0 Å². The lowest BCUT2D eigenvalue weighted by Gasteiger charge is -2.15. The molecule has 1 N–H and O–H groups in total. The van der Waals surface area contributed by atoms with Gasteiger partial charge in [-0.05, 0) is 69.2 Å². The quantitative estimate of drug-likeness (QED) is 0.637. The molecule has 0 spiro atoms. The number of aryl methyl sites for hydroxylation is 3. The molecule has 4 heteroatoms. The molecule has 2 nitrogen and oxygen atoms in total. The first-order valence-electron chi connectivity index (χ1n) is 6.75. The minimum Gasteiger partial charge on any atom is -0.331 e. The van der Waals surface area contributed by atoms with Crippen LogP contribution in [0.15, 0.2) is 24.3 Å². The molecule has 20 heavy (non-hydrogen) atoms. The fraction of sp³-hybridized carbons (Fsp3) is 0.312. The molecule has 0 bridgehead atoms. The van der Waals surface area contributed by atoms with Crippen LogP contribution in [0.1, 0.15) is 33.8 Å². The molecule has 104 valence electrons. The number of nitrogens with one attached hydrogen (secondary N) is 1. The number of rotatable bonds is 2. The third kappa shape index (κ3) is 2.13. The van der Waals surface area contributed by atoms with Gasteiger partial charge >= 0.3 is 0 Å². The maximum Gasteiger partial charge on any atom is 0.178 e. The number of hydrogen-bond donors (Lipinski definition) is 1. The Morgan fingerprint density at radius 1 is 1.20 bits per heavy atom. The molecule has 1 aromatic carbocycles. The van der Waals surface area contributed by atoms with E-state index < -0.39 is 0 Å². The summed E-state index contributed by atoms with van der Waals surface area (Å²) in [6.45, 7) is 8.67. The van der Waals surface area contributed by atoms with E-state index in [1.54, 1.807) is 0 Å². The summed E-state index contributed by atoms with van der Waals surface area (Å²) in [6.07, 6.45) is 0. The fourth-order valence-corrected chi connectivity index (χ4v) is 4.22. The van der Waals surface area contributed by atoms with Crippen molar-refractivity contribution in [3.05, 3.63) is 49.9 Å². The van der Waals surface area contributed by atoms with Crippen LogP contribution in [-0.2, 0) is 0 Å². The van der Waals surface area contributed by atoms with Gasteiger partial charge in [0.2, 0.25) is 0 Å². The van der Waals surface area contributed by atoms with E-state index in [-0.39, 0.29) is 6.04 Å². The van der Waals surface area contributed by atoms with Crippen molar-refractivity contribution >= 4 is 34.6 Å². The van der Waals surface area contributed by atoms with Gasteiger partial charge in [0, 0.05) is 9.75 Å². The molecule has 1 atom stereocenters. The van der Waals surface area contributed by atoms with E-state index in [4.69, 9.17) is 12.2 Å². The molecule has 0 saturated heterocycles. The normalized spacial score (nSPS) is 13.0. The molecule has 3 rings (SSSR count). The molecular weight excluding hydrogens is 284 g/mol. The summed E-state index contributed by atoms with van der Waals surface area (Å²) < 4.78 is 3.01. The summed E-state index contributed by atoms with van der Waals surface area (Å²) in [7, 11) is 0. The maximum absolute atomic E-state index is 5.53. The molecule has 0 saturated carbocycles. The maximum atomic E-state index is 5.53. The predicted octanol–water partition coefficient (Wildman–Crippen LogP) is 5.29. The Bertz CT molecular complexity index is 836. The van der Waals surface area contributed by atoms with Crippen molar-refractivity contribution in [2.24, 2.45) is 0 Å². The van der Waals surface area contributed by atoms with Gasteiger partial charge in [-0.1, -0.05) is 6.07 Å².